The maximum Gasteiger partial charge on any atom is 0.308 e. The van der Waals surface area contributed by atoms with Crippen molar-refractivity contribution in [3.05, 3.63) is 16.9 Å². The number of esters is 1. The van der Waals surface area contributed by atoms with Crippen LogP contribution in [-0.2, 0) is 9.53 Å². The summed E-state index contributed by atoms with van der Waals surface area (Å²) in [5.41, 5.74) is 0.556. The zero-order chi connectivity index (χ0) is 15.4. The zero-order valence-electron chi connectivity index (χ0n) is 12.1. The van der Waals surface area contributed by atoms with Crippen LogP contribution in [0.3, 0.4) is 0 Å². The minimum absolute atomic E-state index is 0.0470. The van der Waals surface area contributed by atoms with Crippen LogP contribution in [0.5, 0.6) is 0 Å². The predicted octanol–water partition coefficient (Wildman–Crippen LogP) is 2.86. The molecule has 1 N–H and O–H groups in total. The van der Waals surface area contributed by atoms with Gasteiger partial charge in [-0.15, -0.1) is 0 Å². The third kappa shape index (κ3) is 4.08. The van der Waals surface area contributed by atoms with E-state index in [0.29, 0.717) is 16.0 Å². The Labute approximate surface area is 133 Å². The fourth-order valence-electron chi connectivity index (χ4n) is 2.73. The minimum Gasteiger partial charge on any atom is -0.469 e. The number of hydrogen-bond acceptors (Lipinski definition) is 6. The van der Waals surface area contributed by atoms with Gasteiger partial charge in [0.1, 0.15) is 5.15 Å². The van der Waals surface area contributed by atoms with Gasteiger partial charge in [-0.25, -0.2) is 9.97 Å². The van der Waals surface area contributed by atoms with Crippen LogP contribution in [0, 0.1) is 11.8 Å². The van der Waals surface area contributed by atoms with Gasteiger partial charge in [-0.05, 0) is 43.9 Å². The molecular formula is C14H19ClN2O3S. The first-order valence-electron chi connectivity index (χ1n) is 6.89. The molecule has 1 aromatic heterocycles. The average molecular weight is 331 g/mol. The Balaban J connectivity index is 2.03. The fourth-order valence-corrected chi connectivity index (χ4v) is 3.36. The molecule has 1 aromatic rings. The smallest absolute Gasteiger partial charge is 0.308 e. The molecule has 0 aromatic carbocycles. The lowest BCUT2D eigenvalue weighted by Crippen LogP contribution is -2.26. The van der Waals surface area contributed by atoms with Gasteiger partial charge in [-0.2, -0.15) is 0 Å². The lowest BCUT2D eigenvalue weighted by molar-refractivity contribution is -0.147. The van der Waals surface area contributed by atoms with Crippen molar-refractivity contribution in [2.24, 2.45) is 11.8 Å². The molecule has 1 aliphatic rings. The molecule has 5 nitrogen and oxygen atoms in total. The molecule has 1 aliphatic carbocycles. The molecule has 21 heavy (non-hydrogen) atoms. The molecule has 2 rings (SSSR count). The number of thioether (sulfide) groups is 1. The molecule has 116 valence electrons. The van der Waals surface area contributed by atoms with E-state index in [1.807, 2.05) is 6.26 Å². The van der Waals surface area contributed by atoms with Crippen LogP contribution >= 0.6 is 23.4 Å². The van der Waals surface area contributed by atoms with Gasteiger partial charge in [-0.1, -0.05) is 23.4 Å². The fraction of sp³-hybridized carbons (Fsp3) is 0.643. The maximum absolute atomic E-state index is 11.5. The molecular weight excluding hydrogens is 312 g/mol. The van der Waals surface area contributed by atoms with E-state index in [9.17, 15) is 9.90 Å². The van der Waals surface area contributed by atoms with Gasteiger partial charge in [0.15, 0.2) is 5.16 Å². The van der Waals surface area contributed by atoms with E-state index in [1.54, 1.807) is 6.07 Å². The van der Waals surface area contributed by atoms with Crippen LogP contribution < -0.4 is 0 Å². The van der Waals surface area contributed by atoms with Crippen LogP contribution in [0.1, 0.15) is 37.5 Å². The molecule has 0 amide bonds. The van der Waals surface area contributed by atoms with Gasteiger partial charge >= 0.3 is 5.97 Å². The van der Waals surface area contributed by atoms with E-state index in [4.69, 9.17) is 16.3 Å². The first-order valence-corrected chi connectivity index (χ1v) is 8.49. The Morgan fingerprint density at radius 2 is 2.10 bits per heavy atom. The molecule has 0 aliphatic heterocycles. The summed E-state index contributed by atoms with van der Waals surface area (Å²) in [7, 11) is 1.41. The molecule has 0 bridgehead atoms. The van der Waals surface area contributed by atoms with E-state index in [1.165, 1.54) is 18.9 Å². The zero-order valence-corrected chi connectivity index (χ0v) is 13.7. The van der Waals surface area contributed by atoms with Crippen molar-refractivity contribution in [1.82, 2.24) is 9.97 Å². The number of aliphatic hydroxyl groups excluding tert-OH is 1. The first kappa shape index (κ1) is 16.5. The molecule has 1 unspecified atom stereocenters. The van der Waals surface area contributed by atoms with Gasteiger partial charge < -0.3 is 9.84 Å². The number of methoxy groups -OCH3 is 1. The first-order chi connectivity index (χ1) is 10.0. The highest BCUT2D eigenvalue weighted by Crippen LogP contribution is 2.37. The second-order valence-corrected chi connectivity index (χ2v) is 6.34. The average Bonchev–Trinajstić information content (AvgIpc) is 2.52. The molecule has 0 spiro atoms. The lowest BCUT2D eigenvalue weighted by atomic mass is 9.78. The van der Waals surface area contributed by atoms with Crippen molar-refractivity contribution in [2.45, 2.75) is 36.9 Å². The number of nitrogens with zero attached hydrogens (tertiary/aromatic N) is 2. The summed E-state index contributed by atoms with van der Waals surface area (Å²) >= 11 is 7.35. The summed E-state index contributed by atoms with van der Waals surface area (Å²) in [6, 6.07) is 1.61. The number of ether oxygens (including phenoxy) is 1. The second-order valence-electron chi connectivity index (χ2n) is 5.18. The maximum atomic E-state index is 11.5. The molecule has 1 saturated carbocycles. The van der Waals surface area contributed by atoms with Crippen LogP contribution in [0.25, 0.3) is 0 Å². The summed E-state index contributed by atoms with van der Waals surface area (Å²) in [5.74, 6) is -0.113. The summed E-state index contributed by atoms with van der Waals surface area (Å²) in [5, 5.41) is 11.4. The summed E-state index contributed by atoms with van der Waals surface area (Å²) in [6.07, 6.45) is 4.22. The van der Waals surface area contributed by atoms with E-state index < -0.39 is 6.10 Å². The van der Waals surface area contributed by atoms with E-state index >= 15 is 0 Å². The van der Waals surface area contributed by atoms with Crippen molar-refractivity contribution in [2.75, 3.05) is 13.4 Å². The monoisotopic (exact) mass is 330 g/mol. The third-order valence-corrected chi connectivity index (χ3v) is 4.67. The van der Waals surface area contributed by atoms with Crippen molar-refractivity contribution < 1.29 is 14.6 Å². The lowest BCUT2D eigenvalue weighted by Gasteiger charge is -2.30. The van der Waals surface area contributed by atoms with E-state index in [2.05, 4.69) is 9.97 Å². The largest absolute Gasteiger partial charge is 0.469 e. The van der Waals surface area contributed by atoms with Gasteiger partial charge in [0, 0.05) is 0 Å². The number of carbonyl (C=O) groups excluding carboxylic acids is 1. The Kier molecular flexibility index (Phi) is 5.84. The van der Waals surface area contributed by atoms with Crippen LogP contribution in [0.4, 0.5) is 0 Å². The Bertz CT molecular complexity index is 507. The summed E-state index contributed by atoms with van der Waals surface area (Å²) < 4.78 is 4.77. The Morgan fingerprint density at radius 1 is 1.43 bits per heavy atom. The molecule has 1 fully saturated rings. The molecule has 0 saturated heterocycles. The number of halogens is 1. The number of carbonyl (C=O) groups is 1. The number of aromatic nitrogens is 2. The van der Waals surface area contributed by atoms with Crippen LogP contribution in [0.2, 0.25) is 5.15 Å². The van der Waals surface area contributed by atoms with Gasteiger partial charge in [0.25, 0.3) is 0 Å². The second kappa shape index (κ2) is 7.42. The van der Waals surface area contributed by atoms with Gasteiger partial charge in [0.2, 0.25) is 0 Å². The third-order valence-electron chi connectivity index (χ3n) is 3.93. The minimum atomic E-state index is -0.671. The highest BCUT2D eigenvalue weighted by atomic mass is 35.5. The highest BCUT2D eigenvalue weighted by Gasteiger charge is 2.31. The molecule has 1 heterocycles. The number of rotatable bonds is 4. The van der Waals surface area contributed by atoms with Crippen LogP contribution in [-0.4, -0.2) is 34.4 Å². The Morgan fingerprint density at radius 3 is 2.67 bits per heavy atom. The topological polar surface area (TPSA) is 72.3 Å². The van der Waals surface area contributed by atoms with Crippen molar-refractivity contribution in [1.29, 1.82) is 0 Å². The standard InChI is InChI=1S/C14H19ClN2O3S/c1-20-13(19)9-5-3-8(4-6-9)12(18)10-7-11(15)17-14(16-10)21-2/h7-9,12,18H,3-6H2,1-2H3. The highest BCUT2D eigenvalue weighted by molar-refractivity contribution is 7.98. The van der Waals surface area contributed by atoms with E-state index in [0.717, 1.165) is 25.7 Å². The molecule has 7 heteroatoms. The molecule has 1 atom stereocenters. The van der Waals surface area contributed by atoms with Gasteiger partial charge in [-0.3, -0.25) is 4.79 Å². The van der Waals surface area contributed by atoms with Crippen molar-refractivity contribution in [3.8, 4) is 0 Å². The summed E-state index contributed by atoms with van der Waals surface area (Å²) in [4.78, 5) is 19.9. The molecule has 0 radical (unpaired) electrons. The Hall–Kier alpha value is -0.850. The SMILES string of the molecule is COC(=O)C1CCC(C(O)c2cc(Cl)nc(SC)n2)CC1. The normalized spacial score (nSPS) is 23.6. The quantitative estimate of drug-likeness (QED) is 0.396. The number of aliphatic hydroxyl groups is 1. The van der Waals surface area contributed by atoms with Crippen molar-refractivity contribution >= 4 is 29.3 Å². The van der Waals surface area contributed by atoms with Crippen molar-refractivity contribution in [3.63, 3.8) is 0 Å². The van der Waals surface area contributed by atoms with Crippen LogP contribution in [0.15, 0.2) is 11.2 Å². The predicted molar refractivity (Wildman–Crippen MR) is 81.2 cm³/mol. The van der Waals surface area contributed by atoms with Gasteiger partial charge in [0.05, 0.1) is 24.8 Å². The summed E-state index contributed by atoms with van der Waals surface area (Å²) in [6.45, 7) is 0. The van der Waals surface area contributed by atoms with E-state index in [-0.39, 0.29) is 17.8 Å². The number of hydrogen-bond donors (Lipinski definition) is 1.